The summed E-state index contributed by atoms with van der Waals surface area (Å²) in [6.07, 6.45) is 6.85. The van der Waals surface area contributed by atoms with Crippen molar-refractivity contribution >= 4 is 29.4 Å². The van der Waals surface area contributed by atoms with Gasteiger partial charge in [-0.3, -0.25) is 9.69 Å². The Morgan fingerprint density at radius 3 is 2.11 bits per heavy atom. The number of carbonyl (C=O) groups is 2. The molecule has 0 aliphatic rings. The van der Waals surface area contributed by atoms with E-state index in [9.17, 15) is 9.59 Å². The number of amides is 2. The summed E-state index contributed by atoms with van der Waals surface area (Å²) in [4.78, 5) is 28.9. The van der Waals surface area contributed by atoms with Crippen LogP contribution in [0.2, 0.25) is 0 Å². The number of urea groups is 1. The predicted octanol–water partition coefficient (Wildman–Crippen LogP) is 7.67. The molecule has 3 aromatic carbocycles. The van der Waals surface area contributed by atoms with Crippen LogP contribution in [0, 0.1) is 0 Å². The summed E-state index contributed by atoms with van der Waals surface area (Å²) in [6.45, 7) is 5.73. The van der Waals surface area contributed by atoms with E-state index in [1.54, 1.807) is 11.8 Å². The highest BCUT2D eigenvalue weighted by Crippen LogP contribution is 2.30. The maximum absolute atomic E-state index is 13.2. The van der Waals surface area contributed by atoms with Crippen molar-refractivity contribution in [3.05, 3.63) is 90.0 Å². The van der Waals surface area contributed by atoms with Crippen LogP contribution in [-0.2, 0) is 22.4 Å². The number of anilines is 1. The molecule has 3 rings (SSSR count). The maximum Gasteiger partial charge on any atom is 0.321 e. The molecule has 38 heavy (non-hydrogen) atoms. The minimum Gasteiger partial charge on any atom is -0.466 e. The van der Waals surface area contributed by atoms with Crippen molar-refractivity contribution in [2.45, 2.75) is 68.6 Å². The summed E-state index contributed by atoms with van der Waals surface area (Å²) in [5.74, 6) is -0.206. The lowest BCUT2D eigenvalue weighted by molar-refractivity contribution is -0.142. The van der Waals surface area contributed by atoms with Gasteiger partial charge in [0.2, 0.25) is 0 Å². The van der Waals surface area contributed by atoms with E-state index >= 15 is 0 Å². The van der Waals surface area contributed by atoms with E-state index in [-0.39, 0.29) is 18.4 Å². The third-order valence-corrected chi connectivity index (χ3v) is 7.24. The number of carbonyl (C=O) groups excluding carboxylic acids is 2. The Morgan fingerprint density at radius 1 is 0.789 bits per heavy atom. The minimum absolute atomic E-state index is 0.0472. The summed E-state index contributed by atoms with van der Waals surface area (Å²) in [5, 5.41) is 3.11. The molecule has 3 aromatic rings. The maximum atomic E-state index is 13.2. The molecule has 0 saturated heterocycles. The number of esters is 1. The second-order valence-corrected chi connectivity index (χ2v) is 10.4. The first-order valence-electron chi connectivity index (χ1n) is 13.7. The van der Waals surface area contributed by atoms with E-state index in [1.165, 1.54) is 24.8 Å². The number of nitrogens with one attached hydrogen (secondary N) is 1. The average molecular weight is 533 g/mol. The molecule has 2 amide bonds. The van der Waals surface area contributed by atoms with E-state index in [1.807, 2.05) is 66.4 Å². The second-order valence-electron chi connectivity index (χ2n) is 9.26. The SMILES string of the molecule is CCCCCCCN(C(=O)NCCc1ccccc1)c1ccc(Sc2ccc(CC(=O)OCC)cc2)cc1. The van der Waals surface area contributed by atoms with E-state index in [4.69, 9.17) is 4.74 Å². The zero-order valence-corrected chi connectivity index (χ0v) is 23.5. The fourth-order valence-corrected chi connectivity index (χ4v) is 4.98. The molecule has 0 radical (unpaired) electrons. The molecule has 0 unspecified atom stereocenters. The van der Waals surface area contributed by atoms with Crippen molar-refractivity contribution < 1.29 is 14.3 Å². The fraction of sp³-hybridized carbons (Fsp3) is 0.375. The molecule has 0 atom stereocenters. The molecule has 202 valence electrons. The van der Waals surface area contributed by atoms with Crippen molar-refractivity contribution in [3.63, 3.8) is 0 Å². The second kappa shape index (κ2) is 16.6. The van der Waals surface area contributed by atoms with Gasteiger partial charge in [-0.15, -0.1) is 0 Å². The molecular weight excluding hydrogens is 492 g/mol. The number of hydrogen-bond donors (Lipinski definition) is 1. The summed E-state index contributed by atoms with van der Waals surface area (Å²) in [6, 6.07) is 26.3. The highest BCUT2D eigenvalue weighted by Gasteiger charge is 2.15. The largest absolute Gasteiger partial charge is 0.466 e. The van der Waals surface area contributed by atoms with Gasteiger partial charge in [0.25, 0.3) is 0 Å². The summed E-state index contributed by atoms with van der Waals surface area (Å²) in [7, 11) is 0. The molecule has 0 saturated carbocycles. The molecule has 0 heterocycles. The molecule has 0 aromatic heterocycles. The average Bonchev–Trinajstić information content (AvgIpc) is 2.93. The van der Waals surface area contributed by atoms with Gasteiger partial charge in [0.1, 0.15) is 0 Å². The highest BCUT2D eigenvalue weighted by atomic mass is 32.2. The molecular formula is C32H40N2O3S. The van der Waals surface area contributed by atoms with Crippen LogP contribution in [0.1, 0.15) is 57.1 Å². The Morgan fingerprint density at radius 2 is 1.45 bits per heavy atom. The number of hydrogen-bond acceptors (Lipinski definition) is 4. The first kappa shape index (κ1) is 29.3. The zero-order chi connectivity index (χ0) is 27.0. The Labute approximate surface area is 232 Å². The van der Waals surface area contributed by atoms with Gasteiger partial charge in [-0.1, -0.05) is 86.8 Å². The monoisotopic (exact) mass is 532 g/mol. The fourth-order valence-electron chi connectivity index (χ4n) is 4.16. The molecule has 0 aliphatic carbocycles. The van der Waals surface area contributed by atoms with Gasteiger partial charge in [0, 0.05) is 28.6 Å². The first-order valence-corrected chi connectivity index (χ1v) is 14.5. The minimum atomic E-state index is -0.206. The quantitative estimate of drug-likeness (QED) is 0.161. The molecule has 0 bridgehead atoms. The standard InChI is InChI=1S/C32H40N2O3S/c1-3-5-6-7-11-24-34(32(36)33-23-22-26-12-9-8-10-13-26)28-16-20-30(21-17-28)38-29-18-14-27(15-19-29)25-31(35)37-4-2/h8-10,12-21H,3-7,11,22-25H2,1-2H3,(H,33,36). The lowest BCUT2D eigenvalue weighted by Crippen LogP contribution is -2.41. The molecule has 0 fully saturated rings. The highest BCUT2D eigenvalue weighted by molar-refractivity contribution is 7.99. The van der Waals surface area contributed by atoms with E-state index < -0.39 is 0 Å². The number of benzene rings is 3. The van der Waals surface area contributed by atoms with Crippen LogP contribution in [0.25, 0.3) is 0 Å². The third-order valence-electron chi connectivity index (χ3n) is 6.22. The summed E-state index contributed by atoms with van der Waals surface area (Å²) < 4.78 is 5.03. The Kier molecular flexibility index (Phi) is 12.8. The smallest absolute Gasteiger partial charge is 0.321 e. The van der Waals surface area contributed by atoms with E-state index in [2.05, 4.69) is 36.5 Å². The molecule has 5 nitrogen and oxygen atoms in total. The predicted molar refractivity (Wildman–Crippen MR) is 157 cm³/mol. The van der Waals surface area contributed by atoms with Crippen LogP contribution in [0.4, 0.5) is 10.5 Å². The molecule has 0 spiro atoms. The van der Waals surface area contributed by atoms with Gasteiger partial charge in [-0.2, -0.15) is 0 Å². The Balaban J connectivity index is 1.59. The van der Waals surface area contributed by atoms with Crippen LogP contribution in [0.15, 0.2) is 88.7 Å². The van der Waals surface area contributed by atoms with Gasteiger partial charge in [-0.25, -0.2) is 4.79 Å². The van der Waals surface area contributed by atoms with Crippen molar-refractivity contribution in [1.82, 2.24) is 5.32 Å². The van der Waals surface area contributed by atoms with Gasteiger partial charge in [-0.05, 0) is 67.3 Å². The van der Waals surface area contributed by atoms with Crippen LogP contribution in [0.5, 0.6) is 0 Å². The summed E-state index contributed by atoms with van der Waals surface area (Å²) >= 11 is 1.66. The normalized spacial score (nSPS) is 10.7. The number of unbranched alkanes of at least 4 members (excludes halogenated alkanes) is 4. The van der Waals surface area contributed by atoms with Crippen LogP contribution in [-0.4, -0.2) is 31.7 Å². The number of ether oxygens (including phenoxy) is 1. The Bertz CT molecular complexity index is 1100. The van der Waals surface area contributed by atoms with Gasteiger partial charge < -0.3 is 10.1 Å². The molecule has 6 heteroatoms. The third kappa shape index (κ3) is 10.3. The lowest BCUT2D eigenvalue weighted by Gasteiger charge is -2.24. The lowest BCUT2D eigenvalue weighted by atomic mass is 10.1. The van der Waals surface area contributed by atoms with Crippen molar-refractivity contribution in [3.8, 4) is 0 Å². The Hall–Kier alpha value is -3.25. The number of rotatable bonds is 15. The molecule has 0 aliphatic heterocycles. The van der Waals surface area contributed by atoms with Gasteiger partial charge in [0.05, 0.1) is 13.0 Å². The zero-order valence-electron chi connectivity index (χ0n) is 22.7. The van der Waals surface area contributed by atoms with Gasteiger partial charge >= 0.3 is 12.0 Å². The van der Waals surface area contributed by atoms with Crippen molar-refractivity contribution in [2.24, 2.45) is 0 Å². The van der Waals surface area contributed by atoms with E-state index in [0.29, 0.717) is 19.7 Å². The van der Waals surface area contributed by atoms with E-state index in [0.717, 1.165) is 40.3 Å². The number of nitrogens with zero attached hydrogens (tertiary/aromatic N) is 1. The van der Waals surface area contributed by atoms with Crippen molar-refractivity contribution in [2.75, 3.05) is 24.6 Å². The van der Waals surface area contributed by atoms with Gasteiger partial charge in [0.15, 0.2) is 0 Å². The van der Waals surface area contributed by atoms with Crippen molar-refractivity contribution in [1.29, 1.82) is 0 Å². The molecule has 1 N–H and O–H groups in total. The van der Waals surface area contributed by atoms with Crippen LogP contribution >= 0.6 is 11.8 Å². The summed E-state index contributed by atoms with van der Waals surface area (Å²) in [5.41, 5.74) is 3.07. The first-order chi connectivity index (χ1) is 18.6. The van der Waals surface area contributed by atoms with Crippen LogP contribution < -0.4 is 10.2 Å². The topological polar surface area (TPSA) is 58.6 Å². The van der Waals surface area contributed by atoms with Crippen LogP contribution in [0.3, 0.4) is 0 Å².